The van der Waals surface area contributed by atoms with Crippen molar-refractivity contribution in [2.24, 2.45) is 0 Å². The summed E-state index contributed by atoms with van der Waals surface area (Å²) < 4.78 is 32.5. The maximum Gasteiger partial charge on any atom is 0.232 e. The zero-order chi connectivity index (χ0) is 22.8. The molecule has 2 N–H and O–H groups in total. The predicted molar refractivity (Wildman–Crippen MR) is 126 cm³/mol. The van der Waals surface area contributed by atoms with Gasteiger partial charge in [0.15, 0.2) is 0 Å². The number of nitrogens with one attached hydrogen (secondary N) is 2. The lowest BCUT2D eigenvalue weighted by Gasteiger charge is -2.14. The van der Waals surface area contributed by atoms with Gasteiger partial charge in [0.25, 0.3) is 0 Å². The molecule has 0 bridgehead atoms. The fourth-order valence-corrected chi connectivity index (χ4v) is 4.94. The Kier molecular flexibility index (Phi) is 6.74. The van der Waals surface area contributed by atoms with E-state index in [1.807, 2.05) is 13.0 Å². The largest absolute Gasteiger partial charge is 0.464 e. The van der Waals surface area contributed by atoms with E-state index in [1.54, 1.807) is 31.4 Å². The lowest BCUT2D eigenvalue weighted by atomic mass is 9.95. The Balaban J connectivity index is 1.80. The highest BCUT2D eigenvalue weighted by Crippen LogP contribution is 2.30. The molecule has 1 heterocycles. The molecule has 0 aliphatic rings. The molecule has 166 valence electrons. The molecule has 0 unspecified atom stereocenters. The molecule has 7 heteroatoms. The lowest BCUT2D eigenvalue weighted by Crippen LogP contribution is -2.18. The van der Waals surface area contributed by atoms with Gasteiger partial charge in [-0.3, -0.25) is 9.52 Å². The molecule has 0 saturated carbocycles. The third kappa shape index (κ3) is 5.28. The van der Waals surface area contributed by atoms with Gasteiger partial charge in [0.05, 0.1) is 24.1 Å². The van der Waals surface area contributed by atoms with E-state index >= 15 is 0 Å². The molecule has 6 nitrogen and oxygen atoms in total. The maximum absolute atomic E-state index is 12.8. The molecule has 0 aliphatic carbocycles. The summed E-state index contributed by atoms with van der Waals surface area (Å²) >= 11 is 0. The second kappa shape index (κ2) is 9.14. The van der Waals surface area contributed by atoms with Crippen LogP contribution in [-0.4, -0.2) is 20.1 Å². The summed E-state index contributed by atoms with van der Waals surface area (Å²) in [6, 6.07) is 9.30. The van der Waals surface area contributed by atoms with Crippen LogP contribution < -0.4 is 10.0 Å². The molecule has 0 atom stereocenters. The first-order valence-corrected chi connectivity index (χ1v) is 12.2. The van der Waals surface area contributed by atoms with Crippen molar-refractivity contribution in [3.8, 4) is 0 Å². The number of aryl methyl sites for hydroxylation is 1. The predicted octanol–water partition coefficient (Wildman–Crippen LogP) is 5.51. The van der Waals surface area contributed by atoms with Crippen molar-refractivity contribution in [3.05, 3.63) is 58.8 Å². The Morgan fingerprint density at radius 1 is 1.13 bits per heavy atom. The number of sulfonamides is 1. The molecular weight excluding hydrogens is 412 g/mol. The van der Waals surface area contributed by atoms with Gasteiger partial charge in [0.2, 0.25) is 15.9 Å². The van der Waals surface area contributed by atoms with E-state index in [2.05, 4.69) is 36.9 Å². The maximum atomic E-state index is 12.8. The second-order valence-electron chi connectivity index (χ2n) is 8.24. The highest BCUT2D eigenvalue weighted by atomic mass is 32.2. The lowest BCUT2D eigenvalue weighted by molar-refractivity contribution is -0.115. The molecule has 0 saturated heterocycles. The van der Waals surface area contributed by atoms with Crippen molar-refractivity contribution < 1.29 is 17.6 Å². The molecule has 0 fully saturated rings. The quantitative estimate of drug-likeness (QED) is 0.482. The highest BCUT2D eigenvalue weighted by molar-refractivity contribution is 7.92. The summed E-state index contributed by atoms with van der Waals surface area (Å²) in [5.41, 5.74) is 5.72. The first-order chi connectivity index (χ1) is 14.6. The molecule has 3 aromatic rings. The molecule has 1 amide bonds. The van der Waals surface area contributed by atoms with Gasteiger partial charge >= 0.3 is 0 Å². The Bertz CT molecular complexity index is 1210. The summed E-state index contributed by atoms with van der Waals surface area (Å²) in [4.78, 5) is 12.8. The van der Waals surface area contributed by atoms with Crippen LogP contribution in [0.4, 0.5) is 11.4 Å². The number of hydrogen-bond acceptors (Lipinski definition) is 4. The molecule has 1 aromatic heterocycles. The molecule has 0 spiro atoms. The third-order valence-corrected chi connectivity index (χ3v) is 6.84. The minimum Gasteiger partial charge on any atom is -0.464 e. The van der Waals surface area contributed by atoms with Crippen LogP contribution in [0.5, 0.6) is 0 Å². The topological polar surface area (TPSA) is 88.4 Å². The number of furan rings is 1. The molecule has 31 heavy (non-hydrogen) atoms. The van der Waals surface area contributed by atoms with Crippen molar-refractivity contribution in [1.82, 2.24) is 0 Å². The third-order valence-electron chi connectivity index (χ3n) is 5.36. The van der Waals surface area contributed by atoms with E-state index in [0.29, 0.717) is 29.3 Å². The number of carbonyl (C=O) groups excluding carboxylic acids is 1. The average molecular weight is 443 g/mol. The summed E-state index contributed by atoms with van der Waals surface area (Å²) in [7, 11) is -3.41. The van der Waals surface area contributed by atoms with Gasteiger partial charge in [-0.2, -0.15) is 0 Å². The SMILES string of the molecule is CCCS(=O)(=O)Nc1cccc(NC(=O)Cc2coc3cc(C)c(C(C)C)cc23)c1C. The minimum absolute atomic E-state index is 0.0500. The van der Waals surface area contributed by atoms with Gasteiger partial charge in [0.1, 0.15) is 5.58 Å². The van der Waals surface area contributed by atoms with Crippen LogP contribution in [0, 0.1) is 13.8 Å². The van der Waals surface area contributed by atoms with Gasteiger partial charge in [-0.05, 0) is 67.1 Å². The summed E-state index contributed by atoms with van der Waals surface area (Å²) in [5, 5.41) is 3.85. The second-order valence-corrected chi connectivity index (χ2v) is 10.1. The van der Waals surface area contributed by atoms with Gasteiger partial charge in [-0.25, -0.2) is 8.42 Å². The standard InChI is InChI=1S/C24H30N2O4S/c1-6-10-31(28,29)26-22-9-7-8-21(17(22)5)25-24(27)12-18-14-30-23-11-16(4)19(15(2)3)13-20(18)23/h7-9,11,13-15,26H,6,10,12H2,1-5H3,(H,25,27). The molecule has 2 aromatic carbocycles. The molecular formula is C24H30N2O4S. The zero-order valence-electron chi connectivity index (χ0n) is 18.7. The Morgan fingerprint density at radius 3 is 2.52 bits per heavy atom. The van der Waals surface area contributed by atoms with Crippen molar-refractivity contribution in [1.29, 1.82) is 0 Å². The molecule has 0 aliphatic heterocycles. The van der Waals surface area contributed by atoms with Crippen LogP contribution in [0.3, 0.4) is 0 Å². The fraction of sp³-hybridized carbons (Fsp3) is 0.375. The average Bonchev–Trinajstić information content (AvgIpc) is 3.05. The first kappa shape index (κ1) is 22.9. The van der Waals surface area contributed by atoms with Gasteiger partial charge in [0, 0.05) is 16.6 Å². The van der Waals surface area contributed by atoms with Crippen LogP contribution in [0.25, 0.3) is 11.0 Å². The number of benzene rings is 2. The summed E-state index contributed by atoms with van der Waals surface area (Å²) in [6.45, 7) is 9.95. The summed E-state index contributed by atoms with van der Waals surface area (Å²) in [5.74, 6) is 0.239. The Labute approximate surface area is 184 Å². The van der Waals surface area contributed by atoms with E-state index in [0.717, 1.165) is 16.5 Å². The van der Waals surface area contributed by atoms with Gasteiger partial charge in [-0.15, -0.1) is 0 Å². The van der Waals surface area contributed by atoms with Crippen LogP contribution in [0.2, 0.25) is 0 Å². The highest BCUT2D eigenvalue weighted by Gasteiger charge is 2.16. The number of anilines is 2. The molecule has 0 radical (unpaired) electrons. The van der Waals surface area contributed by atoms with Crippen molar-refractivity contribution in [2.45, 2.75) is 53.4 Å². The van der Waals surface area contributed by atoms with Crippen molar-refractivity contribution in [3.63, 3.8) is 0 Å². The monoisotopic (exact) mass is 442 g/mol. The Morgan fingerprint density at radius 2 is 1.84 bits per heavy atom. The van der Waals surface area contributed by atoms with Gasteiger partial charge in [-0.1, -0.05) is 26.8 Å². The van der Waals surface area contributed by atoms with E-state index in [1.165, 1.54) is 11.1 Å². The number of hydrogen-bond donors (Lipinski definition) is 2. The van der Waals surface area contributed by atoms with Crippen LogP contribution in [-0.2, 0) is 21.2 Å². The smallest absolute Gasteiger partial charge is 0.232 e. The summed E-state index contributed by atoms with van der Waals surface area (Å²) in [6.07, 6.45) is 2.33. The van der Waals surface area contributed by atoms with Crippen molar-refractivity contribution in [2.75, 3.05) is 15.8 Å². The van der Waals surface area contributed by atoms with Crippen LogP contribution in [0.1, 0.15) is 55.4 Å². The number of rotatable bonds is 8. The Hall–Kier alpha value is -2.80. The normalized spacial score (nSPS) is 11.8. The minimum atomic E-state index is -3.41. The van der Waals surface area contributed by atoms with Crippen molar-refractivity contribution >= 4 is 38.3 Å². The molecule has 3 rings (SSSR count). The number of carbonyl (C=O) groups is 1. The van der Waals surface area contributed by atoms with E-state index in [9.17, 15) is 13.2 Å². The van der Waals surface area contributed by atoms with Crippen LogP contribution in [0.15, 0.2) is 41.0 Å². The van der Waals surface area contributed by atoms with E-state index in [4.69, 9.17) is 4.42 Å². The van der Waals surface area contributed by atoms with E-state index < -0.39 is 10.0 Å². The van der Waals surface area contributed by atoms with Crippen LogP contribution >= 0.6 is 0 Å². The number of amides is 1. The zero-order valence-corrected chi connectivity index (χ0v) is 19.5. The van der Waals surface area contributed by atoms with E-state index in [-0.39, 0.29) is 18.1 Å². The van der Waals surface area contributed by atoms with Gasteiger partial charge < -0.3 is 9.73 Å². The first-order valence-electron chi connectivity index (χ1n) is 10.5. The number of fused-ring (bicyclic) bond motifs is 1. The fourth-order valence-electron chi connectivity index (χ4n) is 3.74.